The highest BCUT2D eigenvalue weighted by Crippen LogP contribution is 2.17. The van der Waals surface area contributed by atoms with Gasteiger partial charge in [0.2, 0.25) is 0 Å². The van der Waals surface area contributed by atoms with Gasteiger partial charge in [-0.25, -0.2) is 9.48 Å². The number of rotatable bonds is 2. The summed E-state index contributed by atoms with van der Waals surface area (Å²) < 4.78 is 13.4. The fourth-order valence-electron chi connectivity index (χ4n) is 1.89. The zero-order valence-corrected chi connectivity index (χ0v) is 13.4. The molecule has 20 heavy (non-hydrogen) atoms. The number of hydrogen-bond acceptors (Lipinski definition) is 5. The van der Waals surface area contributed by atoms with Crippen LogP contribution in [0.2, 0.25) is 0 Å². The van der Waals surface area contributed by atoms with Gasteiger partial charge in [-0.1, -0.05) is 5.21 Å². The maximum absolute atomic E-state index is 11.6. The molecule has 0 radical (unpaired) electrons. The SMILES string of the molecule is CC(C)(C)OC(=O)NCC1Cn2nnc(Br)c2CCO1. The summed E-state index contributed by atoms with van der Waals surface area (Å²) in [6.45, 7) is 7.00. The Hall–Kier alpha value is -1.15. The lowest BCUT2D eigenvalue weighted by Crippen LogP contribution is -2.39. The van der Waals surface area contributed by atoms with Crippen LogP contribution >= 0.6 is 15.9 Å². The van der Waals surface area contributed by atoms with Crippen molar-refractivity contribution in [1.29, 1.82) is 0 Å². The van der Waals surface area contributed by atoms with Gasteiger partial charge in [0.15, 0.2) is 4.60 Å². The Morgan fingerprint density at radius 3 is 3.05 bits per heavy atom. The van der Waals surface area contributed by atoms with Crippen LogP contribution in [0, 0.1) is 0 Å². The van der Waals surface area contributed by atoms with Gasteiger partial charge in [0, 0.05) is 13.0 Å². The summed E-state index contributed by atoms with van der Waals surface area (Å²) in [5.41, 5.74) is 0.517. The Bertz CT molecular complexity index is 484. The van der Waals surface area contributed by atoms with Crippen LogP contribution in [0.1, 0.15) is 26.5 Å². The van der Waals surface area contributed by atoms with Crippen LogP contribution in [0.4, 0.5) is 4.79 Å². The Balaban J connectivity index is 1.87. The molecule has 1 N–H and O–H groups in total. The van der Waals surface area contributed by atoms with Crippen LogP contribution in [0.15, 0.2) is 4.60 Å². The quantitative estimate of drug-likeness (QED) is 0.877. The molecule has 0 saturated carbocycles. The monoisotopic (exact) mass is 346 g/mol. The Morgan fingerprint density at radius 1 is 1.60 bits per heavy atom. The number of nitrogens with zero attached hydrogens (tertiary/aromatic N) is 3. The number of carbonyl (C=O) groups excluding carboxylic acids is 1. The van der Waals surface area contributed by atoms with Crippen molar-refractivity contribution in [3.8, 4) is 0 Å². The summed E-state index contributed by atoms with van der Waals surface area (Å²) in [6.07, 6.45) is 0.166. The molecular formula is C12H19BrN4O3. The first-order valence-corrected chi connectivity index (χ1v) is 7.31. The number of ether oxygens (including phenoxy) is 2. The van der Waals surface area contributed by atoms with E-state index in [1.807, 2.05) is 20.8 Å². The number of alkyl carbamates (subject to hydrolysis) is 1. The average molecular weight is 347 g/mol. The summed E-state index contributed by atoms with van der Waals surface area (Å²) in [7, 11) is 0. The molecule has 112 valence electrons. The van der Waals surface area contributed by atoms with Gasteiger partial charge >= 0.3 is 6.09 Å². The number of carbonyl (C=O) groups is 1. The maximum Gasteiger partial charge on any atom is 0.407 e. The van der Waals surface area contributed by atoms with Gasteiger partial charge in [0.25, 0.3) is 0 Å². The van der Waals surface area contributed by atoms with Crippen molar-refractivity contribution in [3.63, 3.8) is 0 Å². The number of fused-ring (bicyclic) bond motifs is 1. The molecule has 1 atom stereocenters. The summed E-state index contributed by atoms with van der Waals surface area (Å²) in [5.74, 6) is 0. The molecule has 1 amide bonds. The third-order valence-corrected chi connectivity index (χ3v) is 3.35. The molecule has 0 aromatic carbocycles. The molecule has 2 heterocycles. The van der Waals surface area contributed by atoms with E-state index >= 15 is 0 Å². The molecule has 0 aliphatic carbocycles. The van der Waals surface area contributed by atoms with Crippen molar-refractivity contribution in [1.82, 2.24) is 20.3 Å². The van der Waals surface area contributed by atoms with Crippen LogP contribution in [0.25, 0.3) is 0 Å². The number of hydrogen-bond donors (Lipinski definition) is 1. The first-order chi connectivity index (χ1) is 9.35. The third-order valence-electron chi connectivity index (χ3n) is 2.73. The van der Waals surface area contributed by atoms with E-state index in [9.17, 15) is 4.79 Å². The largest absolute Gasteiger partial charge is 0.444 e. The molecule has 1 unspecified atom stereocenters. The van der Waals surface area contributed by atoms with Crippen LogP contribution in [-0.2, 0) is 22.4 Å². The smallest absolute Gasteiger partial charge is 0.407 e. The van der Waals surface area contributed by atoms with Gasteiger partial charge in [-0.2, -0.15) is 0 Å². The van der Waals surface area contributed by atoms with Crippen molar-refractivity contribution >= 4 is 22.0 Å². The van der Waals surface area contributed by atoms with E-state index in [1.54, 1.807) is 4.68 Å². The Morgan fingerprint density at radius 2 is 2.35 bits per heavy atom. The molecule has 8 heteroatoms. The van der Waals surface area contributed by atoms with E-state index < -0.39 is 11.7 Å². The number of aromatic nitrogens is 3. The lowest BCUT2D eigenvalue weighted by molar-refractivity contribution is 0.0333. The van der Waals surface area contributed by atoms with Crippen molar-refractivity contribution < 1.29 is 14.3 Å². The molecule has 1 aromatic heterocycles. The molecule has 1 aromatic rings. The van der Waals surface area contributed by atoms with Gasteiger partial charge in [-0.15, -0.1) is 5.10 Å². The van der Waals surface area contributed by atoms with Gasteiger partial charge in [-0.3, -0.25) is 0 Å². The number of halogens is 1. The predicted molar refractivity (Wildman–Crippen MR) is 75.4 cm³/mol. The second kappa shape index (κ2) is 6.09. The van der Waals surface area contributed by atoms with Crippen molar-refractivity contribution in [2.45, 2.75) is 45.4 Å². The topological polar surface area (TPSA) is 78.3 Å². The van der Waals surface area contributed by atoms with E-state index in [0.29, 0.717) is 19.7 Å². The van der Waals surface area contributed by atoms with E-state index in [1.165, 1.54) is 0 Å². The minimum Gasteiger partial charge on any atom is -0.444 e. The number of nitrogens with one attached hydrogen (secondary N) is 1. The first-order valence-electron chi connectivity index (χ1n) is 6.51. The molecule has 1 aliphatic rings. The van der Waals surface area contributed by atoms with Gasteiger partial charge in [-0.05, 0) is 36.7 Å². The highest BCUT2D eigenvalue weighted by Gasteiger charge is 2.22. The second-order valence-corrected chi connectivity index (χ2v) is 6.39. The van der Waals surface area contributed by atoms with Gasteiger partial charge < -0.3 is 14.8 Å². The number of amides is 1. The van der Waals surface area contributed by atoms with Crippen molar-refractivity contribution in [3.05, 3.63) is 10.3 Å². The van der Waals surface area contributed by atoms with Gasteiger partial charge in [0.1, 0.15) is 5.60 Å². The molecule has 0 saturated heterocycles. The fraction of sp³-hybridized carbons (Fsp3) is 0.750. The second-order valence-electron chi connectivity index (χ2n) is 5.63. The Kier molecular flexibility index (Phi) is 4.64. The predicted octanol–water partition coefficient (Wildman–Crippen LogP) is 1.51. The molecule has 0 fully saturated rings. The van der Waals surface area contributed by atoms with Crippen LogP contribution in [-0.4, -0.2) is 45.9 Å². The fourth-order valence-corrected chi connectivity index (χ4v) is 2.37. The normalized spacial score (nSPS) is 19.1. The molecule has 7 nitrogen and oxygen atoms in total. The summed E-state index contributed by atoms with van der Waals surface area (Å²) >= 11 is 3.36. The molecular weight excluding hydrogens is 328 g/mol. The summed E-state index contributed by atoms with van der Waals surface area (Å²) in [5, 5.41) is 10.7. The van der Waals surface area contributed by atoms with E-state index in [0.717, 1.165) is 16.7 Å². The van der Waals surface area contributed by atoms with Crippen LogP contribution in [0.3, 0.4) is 0 Å². The zero-order chi connectivity index (χ0) is 14.8. The molecule has 0 bridgehead atoms. The average Bonchev–Trinajstić information content (AvgIpc) is 2.57. The van der Waals surface area contributed by atoms with Crippen LogP contribution in [0.5, 0.6) is 0 Å². The third kappa shape index (κ3) is 4.17. The first kappa shape index (κ1) is 15.2. The van der Waals surface area contributed by atoms with Crippen LogP contribution < -0.4 is 5.32 Å². The maximum atomic E-state index is 11.6. The molecule has 0 spiro atoms. The van der Waals surface area contributed by atoms with Gasteiger partial charge in [0.05, 0.1) is 24.9 Å². The van der Waals surface area contributed by atoms with E-state index in [2.05, 4.69) is 31.6 Å². The lowest BCUT2D eigenvalue weighted by Gasteiger charge is -2.21. The standard InChI is InChI=1S/C12H19BrN4O3/c1-12(2,3)20-11(18)14-6-8-7-17-9(4-5-19-8)10(13)15-16-17/h8H,4-7H2,1-3H3,(H,14,18). The lowest BCUT2D eigenvalue weighted by atomic mass is 10.2. The van der Waals surface area contributed by atoms with Crippen molar-refractivity contribution in [2.24, 2.45) is 0 Å². The minimum absolute atomic E-state index is 0.141. The van der Waals surface area contributed by atoms with Crippen molar-refractivity contribution in [2.75, 3.05) is 13.2 Å². The summed E-state index contributed by atoms with van der Waals surface area (Å²) in [4.78, 5) is 11.6. The van der Waals surface area contributed by atoms with E-state index in [4.69, 9.17) is 9.47 Å². The highest BCUT2D eigenvalue weighted by atomic mass is 79.9. The zero-order valence-electron chi connectivity index (χ0n) is 11.9. The Labute approximate surface area is 126 Å². The molecule has 2 rings (SSSR count). The van der Waals surface area contributed by atoms with E-state index in [-0.39, 0.29) is 6.10 Å². The molecule has 1 aliphatic heterocycles. The minimum atomic E-state index is -0.502. The summed E-state index contributed by atoms with van der Waals surface area (Å²) in [6, 6.07) is 0. The highest BCUT2D eigenvalue weighted by molar-refractivity contribution is 9.10.